The fraction of sp³-hybridized carbons (Fsp3) is 0.500. The molecule has 0 aliphatic rings. The van der Waals surface area contributed by atoms with Crippen molar-refractivity contribution in [3.63, 3.8) is 0 Å². The van der Waals surface area contributed by atoms with Gasteiger partial charge in [-0.15, -0.1) is 11.6 Å². The third kappa shape index (κ3) is 2.67. The molecule has 2 rings (SSSR count). The Morgan fingerprint density at radius 2 is 2.11 bits per heavy atom. The number of imidazole rings is 1. The van der Waals surface area contributed by atoms with Crippen LogP contribution in [0.3, 0.4) is 0 Å². The molecule has 2 nitrogen and oxygen atoms in total. The van der Waals surface area contributed by atoms with E-state index >= 15 is 0 Å². The minimum absolute atomic E-state index is 0.180. The van der Waals surface area contributed by atoms with E-state index in [0.29, 0.717) is 5.88 Å². The van der Waals surface area contributed by atoms with Crippen molar-refractivity contribution >= 4 is 34.4 Å². The molecule has 18 heavy (non-hydrogen) atoms. The average Bonchev–Trinajstić information content (AvgIpc) is 2.66. The van der Waals surface area contributed by atoms with Gasteiger partial charge in [-0.05, 0) is 44.7 Å². The molecule has 98 valence electrons. The standard InChI is InChI=1S/C14H19ClN2S/c1-10-5-6-12-11(7-10)16-13(8-15)17(12)9-14(2,3)18-4/h5-7H,8-9H2,1-4H3. The van der Waals surface area contributed by atoms with Gasteiger partial charge in [0.15, 0.2) is 0 Å². The second-order valence-electron chi connectivity index (χ2n) is 5.20. The van der Waals surface area contributed by atoms with Gasteiger partial charge in [-0.25, -0.2) is 4.98 Å². The molecule has 0 spiro atoms. The number of thioether (sulfide) groups is 1. The lowest BCUT2D eigenvalue weighted by molar-refractivity contribution is 0.566. The topological polar surface area (TPSA) is 17.8 Å². The highest BCUT2D eigenvalue weighted by Crippen LogP contribution is 2.27. The van der Waals surface area contributed by atoms with E-state index in [2.05, 4.69) is 54.8 Å². The van der Waals surface area contributed by atoms with Crippen LogP contribution in [-0.4, -0.2) is 20.6 Å². The maximum atomic E-state index is 6.03. The Morgan fingerprint density at radius 1 is 1.39 bits per heavy atom. The van der Waals surface area contributed by atoms with Crippen LogP contribution in [0.5, 0.6) is 0 Å². The Hall–Kier alpha value is -0.670. The van der Waals surface area contributed by atoms with Gasteiger partial charge in [-0.3, -0.25) is 0 Å². The van der Waals surface area contributed by atoms with E-state index in [9.17, 15) is 0 Å². The number of benzene rings is 1. The van der Waals surface area contributed by atoms with Crippen LogP contribution in [0.4, 0.5) is 0 Å². The van der Waals surface area contributed by atoms with Crippen LogP contribution in [0.1, 0.15) is 25.2 Å². The summed E-state index contributed by atoms with van der Waals surface area (Å²) in [6.07, 6.45) is 2.14. The normalized spacial score (nSPS) is 12.3. The first-order valence-electron chi connectivity index (χ1n) is 6.04. The largest absolute Gasteiger partial charge is 0.326 e. The average molecular weight is 283 g/mol. The molecule has 0 aliphatic carbocycles. The molecule has 1 aromatic carbocycles. The van der Waals surface area contributed by atoms with Gasteiger partial charge in [0.25, 0.3) is 0 Å². The van der Waals surface area contributed by atoms with E-state index in [1.165, 1.54) is 11.1 Å². The summed E-state index contributed by atoms with van der Waals surface area (Å²) in [4.78, 5) is 4.63. The maximum Gasteiger partial charge on any atom is 0.124 e. The summed E-state index contributed by atoms with van der Waals surface area (Å²) >= 11 is 7.89. The predicted octanol–water partition coefficient (Wildman–Crippen LogP) is 4.23. The van der Waals surface area contributed by atoms with E-state index in [4.69, 9.17) is 11.6 Å². The Bertz CT molecular complexity index is 560. The number of halogens is 1. The number of aryl methyl sites for hydroxylation is 1. The fourth-order valence-corrected chi connectivity index (χ4v) is 2.48. The van der Waals surface area contributed by atoms with Crippen molar-refractivity contribution in [1.29, 1.82) is 0 Å². The number of hydrogen-bond acceptors (Lipinski definition) is 2. The van der Waals surface area contributed by atoms with E-state index in [1.807, 2.05) is 11.8 Å². The summed E-state index contributed by atoms with van der Waals surface area (Å²) in [6, 6.07) is 6.39. The van der Waals surface area contributed by atoms with Gasteiger partial charge in [0.05, 0.1) is 16.9 Å². The molecular weight excluding hydrogens is 264 g/mol. The van der Waals surface area contributed by atoms with Crippen molar-refractivity contribution in [2.45, 2.75) is 37.9 Å². The number of fused-ring (bicyclic) bond motifs is 1. The quantitative estimate of drug-likeness (QED) is 0.781. The highest BCUT2D eigenvalue weighted by Gasteiger charge is 2.20. The molecule has 1 heterocycles. The molecular formula is C14H19ClN2S. The summed E-state index contributed by atoms with van der Waals surface area (Å²) in [5.74, 6) is 1.41. The lowest BCUT2D eigenvalue weighted by Gasteiger charge is -2.24. The van der Waals surface area contributed by atoms with E-state index in [1.54, 1.807) is 0 Å². The second-order valence-corrected chi connectivity index (χ2v) is 6.98. The molecule has 0 fully saturated rings. The van der Waals surface area contributed by atoms with Gasteiger partial charge in [0.1, 0.15) is 5.82 Å². The van der Waals surface area contributed by atoms with Crippen LogP contribution in [0.2, 0.25) is 0 Å². The molecule has 0 unspecified atom stereocenters. The van der Waals surface area contributed by atoms with Gasteiger partial charge in [0, 0.05) is 11.3 Å². The molecule has 4 heteroatoms. The van der Waals surface area contributed by atoms with E-state index in [0.717, 1.165) is 17.9 Å². The Labute approximate surface area is 118 Å². The molecule has 0 N–H and O–H groups in total. The summed E-state index contributed by atoms with van der Waals surface area (Å²) in [6.45, 7) is 7.51. The first kappa shape index (κ1) is 13.8. The maximum absolute atomic E-state index is 6.03. The van der Waals surface area contributed by atoms with E-state index < -0.39 is 0 Å². The predicted molar refractivity (Wildman–Crippen MR) is 81.6 cm³/mol. The minimum Gasteiger partial charge on any atom is -0.326 e. The zero-order chi connectivity index (χ0) is 13.3. The summed E-state index contributed by atoms with van der Waals surface area (Å²) in [5, 5.41) is 0. The smallest absolute Gasteiger partial charge is 0.124 e. The molecule has 0 radical (unpaired) electrons. The molecule has 0 bridgehead atoms. The molecule has 0 atom stereocenters. The lowest BCUT2D eigenvalue weighted by Crippen LogP contribution is -2.23. The summed E-state index contributed by atoms with van der Waals surface area (Å²) in [7, 11) is 0. The van der Waals surface area contributed by atoms with Gasteiger partial charge in [-0.1, -0.05) is 6.07 Å². The zero-order valence-corrected chi connectivity index (χ0v) is 12.9. The summed E-state index contributed by atoms with van der Waals surface area (Å²) < 4.78 is 2.43. The van der Waals surface area contributed by atoms with Crippen molar-refractivity contribution in [1.82, 2.24) is 9.55 Å². The zero-order valence-electron chi connectivity index (χ0n) is 11.3. The molecule has 0 saturated carbocycles. The minimum atomic E-state index is 0.180. The van der Waals surface area contributed by atoms with Crippen molar-refractivity contribution in [2.24, 2.45) is 0 Å². The highest BCUT2D eigenvalue weighted by molar-refractivity contribution is 7.99. The lowest BCUT2D eigenvalue weighted by atomic mass is 10.2. The second kappa shape index (κ2) is 5.14. The molecule has 0 saturated heterocycles. The van der Waals surface area contributed by atoms with Gasteiger partial charge < -0.3 is 4.57 Å². The van der Waals surface area contributed by atoms with Crippen LogP contribution in [0.15, 0.2) is 18.2 Å². The number of hydrogen-bond donors (Lipinski definition) is 0. The molecule has 0 amide bonds. The Balaban J connectivity index is 2.53. The van der Waals surface area contributed by atoms with E-state index in [-0.39, 0.29) is 4.75 Å². The first-order valence-corrected chi connectivity index (χ1v) is 7.79. The van der Waals surface area contributed by atoms with Crippen molar-refractivity contribution < 1.29 is 0 Å². The third-order valence-electron chi connectivity index (χ3n) is 3.19. The number of rotatable bonds is 4. The van der Waals surface area contributed by atoms with Crippen LogP contribution in [0.25, 0.3) is 11.0 Å². The Kier molecular flexibility index (Phi) is 3.93. The number of alkyl halides is 1. The fourth-order valence-electron chi connectivity index (χ4n) is 2.01. The molecule has 2 aromatic rings. The number of aromatic nitrogens is 2. The first-order chi connectivity index (χ1) is 8.46. The molecule has 0 aliphatic heterocycles. The van der Waals surface area contributed by atoms with Crippen molar-refractivity contribution in [3.05, 3.63) is 29.6 Å². The van der Waals surface area contributed by atoms with Crippen molar-refractivity contribution in [2.75, 3.05) is 6.26 Å². The highest BCUT2D eigenvalue weighted by atomic mass is 35.5. The number of nitrogens with zero attached hydrogens (tertiary/aromatic N) is 2. The van der Waals surface area contributed by atoms with Gasteiger partial charge >= 0.3 is 0 Å². The Morgan fingerprint density at radius 3 is 2.72 bits per heavy atom. The van der Waals surface area contributed by atoms with Gasteiger partial charge in [-0.2, -0.15) is 11.8 Å². The monoisotopic (exact) mass is 282 g/mol. The summed E-state index contributed by atoms with van der Waals surface area (Å²) in [5.41, 5.74) is 3.46. The van der Waals surface area contributed by atoms with Crippen molar-refractivity contribution in [3.8, 4) is 0 Å². The van der Waals surface area contributed by atoms with Gasteiger partial charge in [0.2, 0.25) is 0 Å². The third-order valence-corrected chi connectivity index (χ3v) is 4.67. The molecule has 1 aromatic heterocycles. The van der Waals surface area contributed by atoms with Crippen LogP contribution in [-0.2, 0) is 12.4 Å². The van der Waals surface area contributed by atoms with Crippen LogP contribution < -0.4 is 0 Å². The van der Waals surface area contributed by atoms with Crippen LogP contribution in [0, 0.1) is 6.92 Å². The van der Waals surface area contributed by atoms with Crippen LogP contribution >= 0.6 is 23.4 Å². The SMILES string of the molecule is CSC(C)(C)Cn1c(CCl)nc2cc(C)ccc21.